The van der Waals surface area contributed by atoms with Gasteiger partial charge < -0.3 is 5.32 Å². The summed E-state index contributed by atoms with van der Waals surface area (Å²) in [6.07, 6.45) is 4.64. The van der Waals surface area contributed by atoms with Crippen LogP contribution in [-0.2, 0) is 6.42 Å². The summed E-state index contributed by atoms with van der Waals surface area (Å²) in [5.74, 6) is 1.75. The van der Waals surface area contributed by atoms with Crippen LogP contribution in [0.5, 0.6) is 0 Å². The lowest BCUT2D eigenvalue weighted by atomic mass is 10.1. The van der Waals surface area contributed by atoms with E-state index in [2.05, 4.69) is 27.1 Å². The number of nitrogens with one attached hydrogen (secondary N) is 1. The molecule has 4 nitrogen and oxygen atoms in total. The molecule has 1 aromatic rings. The first kappa shape index (κ1) is 13.1. The molecule has 2 saturated heterocycles. The molecule has 2 fully saturated rings. The molecule has 2 atom stereocenters. The first-order chi connectivity index (χ1) is 9.19. The van der Waals surface area contributed by atoms with Gasteiger partial charge in [-0.3, -0.25) is 4.90 Å². The van der Waals surface area contributed by atoms with E-state index in [1.54, 1.807) is 0 Å². The number of fused-ring (bicyclic) bond motifs is 1. The van der Waals surface area contributed by atoms with Gasteiger partial charge in [0.15, 0.2) is 0 Å². The number of halogens is 1. The normalized spacial score (nSPS) is 26.7. The van der Waals surface area contributed by atoms with Crippen LogP contribution in [0.15, 0.2) is 0 Å². The second-order valence-electron chi connectivity index (χ2n) is 5.54. The summed E-state index contributed by atoms with van der Waals surface area (Å²) in [4.78, 5) is 11.5. The van der Waals surface area contributed by atoms with Gasteiger partial charge in [-0.2, -0.15) is 0 Å². The van der Waals surface area contributed by atoms with Crippen molar-refractivity contribution in [3.8, 4) is 0 Å². The molecule has 2 unspecified atom stereocenters. The number of hydrogen-bond acceptors (Lipinski definition) is 4. The maximum absolute atomic E-state index is 6.19. The molecule has 0 amide bonds. The zero-order valence-corrected chi connectivity index (χ0v) is 12.4. The number of anilines is 1. The summed E-state index contributed by atoms with van der Waals surface area (Å²) in [5, 5.41) is 4.20. The monoisotopic (exact) mass is 280 g/mol. The number of hydrogen-bond donors (Lipinski definition) is 1. The lowest BCUT2D eigenvalue weighted by Crippen LogP contribution is -2.34. The third-order valence-electron chi connectivity index (χ3n) is 4.38. The standard InChI is InChI=1S/C14H21ClN4/c1-3-12-17-13(15)9(2)14(18-12)16-10-6-8-19-7-4-5-11(10)19/h10-11H,3-8H2,1-2H3,(H,16,17,18). The minimum Gasteiger partial charge on any atom is -0.365 e. The highest BCUT2D eigenvalue weighted by atomic mass is 35.5. The molecule has 0 aromatic carbocycles. The third kappa shape index (κ3) is 2.43. The Balaban J connectivity index is 1.81. The topological polar surface area (TPSA) is 41.1 Å². The zero-order valence-electron chi connectivity index (χ0n) is 11.6. The van der Waals surface area contributed by atoms with Gasteiger partial charge in [0.2, 0.25) is 0 Å². The fourth-order valence-corrected chi connectivity index (χ4v) is 3.44. The molecule has 2 aliphatic rings. The van der Waals surface area contributed by atoms with Crippen molar-refractivity contribution in [2.75, 3.05) is 18.4 Å². The summed E-state index contributed by atoms with van der Waals surface area (Å²) in [6, 6.07) is 1.19. The molecule has 0 spiro atoms. The van der Waals surface area contributed by atoms with E-state index in [0.29, 0.717) is 17.2 Å². The molecule has 3 rings (SSSR count). The Morgan fingerprint density at radius 2 is 2.16 bits per heavy atom. The molecule has 1 N–H and O–H groups in total. The number of nitrogens with zero attached hydrogens (tertiary/aromatic N) is 3. The number of rotatable bonds is 3. The predicted molar refractivity (Wildman–Crippen MR) is 77.8 cm³/mol. The van der Waals surface area contributed by atoms with Gasteiger partial charge in [-0.1, -0.05) is 18.5 Å². The average Bonchev–Trinajstić information content (AvgIpc) is 2.99. The molecular weight excluding hydrogens is 260 g/mol. The lowest BCUT2D eigenvalue weighted by molar-refractivity contribution is 0.318. The maximum atomic E-state index is 6.19. The SMILES string of the molecule is CCc1nc(Cl)c(C)c(NC2CCN3CCCC23)n1. The fraction of sp³-hybridized carbons (Fsp3) is 0.714. The molecule has 104 valence electrons. The molecule has 2 aliphatic heterocycles. The highest BCUT2D eigenvalue weighted by Gasteiger charge is 2.37. The van der Waals surface area contributed by atoms with Crippen molar-refractivity contribution in [3.63, 3.8) is 0 Å². The van der Waals surface area contributed by atoms with Crippen molar-refractivity contribution in [2.45, 2.75) is 51.6 Å². The Labute approximate surface area is 119 Å². The largest absolute Gasteiger partial charge is 0.365 e. The second-order valence-corrected chi connectivity index (χ2v) is 5.90. The van der Waals surface area contributed by atoms with E-state index >= 15 is 0 Å². The number of aromatic nitrogens is 2. The Morgan fingerprint density at radius 1 is 1.32 bits per heavy atom. The van der Waals surface area contributed by atoms with E-state index in [4.69, 9.17) is 11.6 Å². The minimum absolute atomic E-state index is 0.511. The smallest absolute Gasteiger partial charge is 0.137 e. The fourth-order valence-electron chi connectivity index (χ4n) is 3.26. The first-order valence-corrected chi connectivity index (χ1v) is 7.60. The van der Waals surface area contributed by atoms with Gasteiger partial charge in [-0.05, 0) is 32.7 Å². The Kier molecular flexibility index (Phi) is 3.63. The molecule has 0 aliphatic carbocycles. The van der Waals surface area contributed by atoms with E-state index in [1.165, 1.54) is 32.4 Å². The Bertz CT molecular complexity index is 477. The van der Waals surface area contributed by atoms with Crippen molar-refractivity contribution in [1.29, 1.82) is 0 Å². The van der Waals surface area contributed by atoms with Crippen LogP contribution >= 0.6 is 11.6 Å². The molecule has 1 aromatic heterocycles. The summed E-state index contributed by atoms with van der Waals surface area (Å²) >= 11 is 6.19. The summed E-state index contributed by atoms with van der Waals surface area (Å²) < 4.78 is 0. The maximum Gasteiger partial charge on any atom is 0.137 e. The molecular formula is C14H21ClN4. The van der Waals surface area contributed by atoms with Crippen molar-refractivity contribution in [2.24, 2.45) is 0 Å². The molecule has 0 saturated carbocycles. The number of aryl methyl sites for hydroxylation is 1. The van der Waals surface area contributed by atoms with Gasteiger partial charge in [-0.25, -0.2) is 9.97 Å². The van der Waals surface area contributed by atoms with Gasteiger partial charge in [0, 0.05) is 30.6 Å². The predicted octanol–water partition coefficient (Wildman–Crippen LogP) is 2.65. The molecule has 19 heavy (non-hydrogen) atoms. The van der Waals surface area contributed by atoms with Crippen LogP contribution in [0.1, 0.15) is 37.6 Å². The minimum atomic E-state index is 0.511. The Morgan fingerprint density at radius 3 is 2.95 bits per heavy atom. The third-order valence-corrected chi connectivity index (χ3v) is 4.75. The van der Waals surface area contributed by atoms with Crippen LogP contribution in [-0.4, -0.2) is 40.0 Å². The van der Waals surface area contributed by atoms with Gasteiger partial charge in [0.05, 0.1) is 0 Å². The van der Waals surface area contributed by atoms with E-state index in [0.717, 1.165) is 23.6 Å². The lowest BCUT2D eigenvalue weighted by Gasteiger charge is -2.23. The average molecular weight is 281 g/mol. The highest BCUT2D eigenvalue weighted by molar-refractivity contribution is 6.30. The summed E-state index contributed by atoms with van der Waals surface area (Å²) in [6.45, 7) is 6.51. The first-order valence-electron chi connectivity index (χ1n) is 7.22. The van der Waals surface area contributed by atoms with Crippen LogP contribution in [0.3, 0.4) is 0 Å². The van der Waals surface area contributed by atoms with Crippen LogP contribution in [0, 0.1) is 6.92 Å². The van der Waals surface area contributed by atoms with Gasteiger partial charge in [-0.15, -0.1) is 0 Å². The van der Waals surface area contributed by atoms with Crippen LogP contribution in [0.25, 0.3) is 0 Å². The van der Waals surface area contributed by atoms with Crippen molar-refractivity contribution in [1.82, 2.24) is 14.9 Å². The highest BCUT2D eigenvalue weighted by Crippen LogP contribution is 2.31. The van der Waals surface area contributed by atoms with Gasteiger partial charge >= 0.3 is 0 Å². The van der Waals surface area contributed by atoms with Crippen LogP contribution < -0.4 is 5.32 Å². The molecule has 0 bridgehead atoms. The molecule has 5 heteroatoms. The molecule has 3 heterocycles. The summed E-state index contributed by atoms with van der Waals surface area (Å²) in [5.41, 5.74) is 0.968. The van der Waals surface area contributed by atoms with E-state index in [1.807, 2.05) is 6.92 Å². The quantitative estimate of drug-likeness (QED) is 0.865. The molecule has 0 radical (unpaired) electrons. The van der Waals surface area contributed by atoms with E-state index < -0.39 is 0 Å². The van der Waals surface area contributed by atoms with E-state index in [9.17, 15) is 0 Å². The van der Waals surface area contributed by atoms with Crippen molar-refractivity contribution >= 4 is 17.4 Å². The van der Waals surface area contributed by atoms with Crippen LogP contribution in [0.4, 0.5) is 5.82 Å². The van der Waals surface area contributed by atoms with Gasteiger partial charge in [0.1, 0.15) is 16.8 Å². The Hall–Kier alpha value is -0.870. The van der Waals surface area contributed by atoms with Crippen molar-refractivity contribution in [3.05, 3.63) is 16.5 Å². The summed E-state index contributed by atoms with van der Waals surface area (Å²) in [7, 11) is 0. The van der Waals surface area contributed by atoms with Crippen molar-refractivity contribution < 1.29 is 0 Å². The second kappa shape index (κ2) is 5.25. The van der Waals surface area contributed by atoms with E-state index in [-0.39, 0.29) is 0 Å². The van der Waals surface area contributed by atoms with Crippen LogP contribution in [0.2, 0.25) is 5.15 Å². The zero-order chi connectivity index (χ0) is 13.4. The van der Waals surface area contributed by atoms with Gasteiger partial charge in [0.25, 0.3) is 0 Å².